The lowest BCUT2D eigenvalue weighted by Gasteiger charge is -2.28. The van der Waals surface area contributed by atoms with E-state index in [4.69, 9.17) is 0 Å². The van der Waals surface area contributed by atoms with Gasteiger partial charge >= 0.3 is 0 Å². The van der Waals surface area contributed by atoms with E-state index in [9.17, 15) is 4.79 Å². The molecule has 2 nitrogen and oxygen atoms in total. The summed E-state index contributed by atoms with van der Waals surface area (Å²) in [6.07, 6.45) is 12.5. The summed E-state index contributed by atoms with van der Waals surface area (Å²) in [4.78, 5) is 11.5. The number of allylic oxidation sites excluding steroid dienone is 5. The molecule has 1 aliphatic heterocycles. The Bertz CT molecular complexity index is 442. The van der Waals surface area contributed by atoms with E-state index in [1.165, 1.54) is 0 Å². The van der Waals surface area contributed by atoms with Gasteiger partial charge in [0.2, 0.25) is 5.91 Å². The number of nitrogens with one attached hydrogen (secondary N) is 1. The van der Waals surface area contributed by atoms with Crippen molar-refractivity contribution in [1.29, 1.82) is 0 Å². The van der Waals surface area contributed by atoms with Gasteiger partial charge in [-0.1, -0.05) is 63.1 Å². The Morgan fingerprint density at radius 1 is 1.33 bits per heavy atom. The van der Waals surface area contributed by atoms with Crippen LogP contribution in [-0.2, 0) is 4.79 Å². The first-order chi connectivity index (χ1) is 8.63. The molecular weight excluding hydrogens is 222 g/mol. The molecule has 94 valence electrons. The predicted molar refractivity (Wildman–Crippen MR) is 77.0 cm³/mol. The van der Waals surface area contributed by atoms with Gasteiger partial charge in [-0.05, 0) is 23.1 Å². The fraction of sp³-hybridized carbons (Fsp3) is 0.188. The van der Waals surface area contributed by atoms with Gasteiger partial charge < -0.3 is 5.32 Å². The molecule has 0 fully saturated rings. The molecular formula is C16H19NO. The Balaban J connectivity index is 3.22. The zero-order chi connectivity index (χ0) is 13.5. The molecule has 0 aromatic heterocycles. The lowest BCUT2D eigenvalue weighted by atomic mass is 9.88. The summed E-state index contributed by atoms with van der Waals surface area (Å²) in [6, 6.07) is -0.0651. The largest absolute Gasteiger partial charge is 0.345 e. The maximum atomic E-state index is 11.5. The first-order valence-electron chi connectivity index (χ1n) is 5.90. The fourth-order valence-corrected chi connectivity index (χ4v) is 1.91. The van der Waals surface area contributed by atoms with Gasteiger partial charge in [-0.2, -0.15) is 0 Å². The molecule has 2 atom stereocenters. The Labute approximate surface area is 109 Å². The van der Waals surface area contributed by atoms with Crippen LogP contribution in [0.25, 0.3) is 0 Å². The van der Waals surface area contributed by atoms with Gasteiger partial charge in [0.15, 0.2) is 0 Å². The highest BCUT2D eigenvalue weighted by Gasteiger charge is 2.24. The highest BCUT2D eigenvalue weighted by atomic mass is 16.1. The van der Waals surface area contributed by atoms with Gasteiger partial charge in [-0.3, -0.25) is 4.79 Å². The smallest absolute Gasteiger partial charge is 0.244 e. The van der Waals surface area contributed by atoms with Crippen molar-refractivity contribution >= 4 is 5.91 Å². The van der Waals surface area contributed by atoms with Crippen LogP contribution < -0.4 is 5.32 Å². The molecule has 0 aliphatic carbocycles. The summed E-state index contributed by atoms with van der Waals surface area (Å²) in [7, 11) is 0. The molecule has 0 saturated heterocycles. The normalized spacial score (nSPS) is 22.4. The zero-order valence-electron chi connectivity index (χ0n) is 10.7. The molecule has 2 heteroatoms. The van der Waals surface area contributed by atoms with Gasteiger partial charge in [-0.25, -0.2) is 0 Å². The van der Waals surface area contributed by atoms with Crippen molar-refractivity contribution in [3.63, 3.8) is 0 Å². The fourth-order valence-electron chi connectivity index (χ4n) is 1.91. The SMILES string of the molecule is C=C/C=C\C(=C(C=C)C=C)C1NC(=O)C=CC1C. The molecule has 0 bridgehead atoms. The van der Waals surface area contributed by atoms with Crippen LogP contribution in [0.15, 0.2) is 73.4 Å². The zero-order valence-corrected chi connectivity index (χ0v) is 10.7. The van der Waals surface area contributed by atoms with Crippen molar-refractivity contribution in [1.82, 2.24) is 5.32 Å². The minimum atomic E-state index is -0.0740. The molecule has 0 aromatic rings. The highest BCUT2D eigenvalue weighted by molar-refractivity contribution is 5.89. The summed E-state index contributed by atoms with van der Waals surface area (Å²) < 4.78 is 0. The first-order valence-corrected chi connectivity index (χ1v) is 5.90. The molecule has 1 heterocycles. The minimum Gasteiger partial charge on any atom is -0.345 e. The molecule has 0 aromatic carbocycles. The number of rotatable bonds is 5. The maximum absolute atomic E-state index is 11.5. The van der Waals surface area contributed by atoms with Crippen molar-refractivity contribution in [2.45, 2.75) is 13.0 Å². The Kier molecular flexibility index (Phi) is 5.12. The van der Waals surface area contributed by atoms with Crippen molar-refractivity contribution in [2.24, 2.45) is 5.92 Å². The van der Waals surface area contributed by atoms with Gasteiger partial charge in [0.05, 0.1) is 6.04 Å². The molecule has 1 rings (SSSR count). The Morgan fingerprint density at radius 3 is 2.56 bits per heavy atom. The van der Waals surface area contributed by atoms with E-state index in [0.717, 1.165) is 11.1 Å². The second-order valence-electron chi connectivity index (χ2n) is 4.12. The minimum absolute atomic E-state index is 0.0651. The van der Waals surface area contributed by atoms with Crippen LogP contribution in [0.4, 0.5) is 0 Å². The molecule has 0 spiro atoms. The molecule has 1 aliphatic rings. The van der Waals surface area contributed by atoms with E-state index in [2.05, 4.69) is 32.0 Å². The third-order valence-corrected chi connectivity index (χ3v) is 2.89. The van der Waals surface area contributed by atoms with Crippen LogP contribution in [0.2, 0.25) is 0 Å². The highest BCUT2D eigenvalue weighted by Crippen LogP contribution is 2.22. The lowest BCUT2D eigenvalue weighted by molar-refractivity contribution is -0.117. The van der Waals surface area contributed by atoms with Crippen LogP contribution >= 0.6 is 0 Å². The molecule has 18 heavy (non-hydrogen) atoms. The quantitative estimate of drug-likeness (QED) is 0.736. The van der Waals surface area contributed by atoms with Crippen molar-refractivity contribution in [3.05, 3.63) is 73.4 Å². The van der Waals surface area contributed by atoms with E-state index in [0.29, 0.717) is 0 Å². The molecule has 0 saturated carbocycles. The lowest BCUT2D eigenvalue weighted by Crippen LogP contribution is -2.42. The third-order valence-electron chi connectivity index (χ3n) is 2.89. The van der Waals surface area contributed by atoms with Crippen molar-refractivity contribution in [3.8, 4) is 0 Å². The van der Waals surface area contributed by atoms with E-state index in [-0.39, 0.29) is 17.9 Å². The van der Waals surface area contributed by atoms with Gasteiger partial charge in [0.1, 0.15) is 0 Å². The van der Waals surface area contributed by atoms with Crippen molar-refractivity contribution in [2.75, 3.05) is 0 Å². The van der Waals surface area contributed by atoms with Gasteiger partial charge in [0.25, 0.3) is 0 Å². The summed E-state index contributed by atoms with van der Waals surface area (Å²) >= 11 is 0. The monoisotopic (exact) mass is 241 g/mol. The second-order valence-corrected chi connectivity index (χ2v) is 4.12. The maximum Gasteiger partial charge on any atom is 0.244 e. The van der Waals surface area contributed by atoms with Crippen LogP contribution in [0.1, 0.15) is 6.92 Å². The van der Waals surface area contributed by atoms with Crippen LogP contribution in [0.3, 0.4) is 0 Å². The Hall–Kier alpha value is -2.09. The number of carbonyl (C=O) groups is 1. The standard InChI is InChI=1S/C16H19NO/c1-5-8-9-14(13(6-2)7-3)16-12(4)10-11-15(18)17-16/h5-12,16H,1-3H2,4H3,(H,17,18)/b9-8-. The average Bonchev–Trinajstić information content (AvgIpc) is 2.38. The molecule has 1 N–H and O–H groups in total. The summed E-state index contributed by atoms with van der Waals surface area (Å²) in [6.45, 7) is 13.3. The average molecular weight is 241 g/mol. The summed E-state index contributed by atoms with van der Waals surface area (Å²) in [5, 5.41) is 2.96. The Morgan fingerprint density at radius 2 is 2.00 bits per heavy atom. The summed E-state index contributed by atoms with van der Waals surface area (Å²) in [5.74, 6) is 0.150. The number of carbonyl (C=O) groups excluding carboxylic acids is 1. The summed E-state index contributed by atoms with van der Waals surface area (Å²) in [5.41, 5.74) is 1.91. The van der Waals surface area contributed by atoms with E-state index >= 15 is 0 Å². The van der Waals surface area contributed by atoms with Crippen LogP contribution in [-0.4, -0.2) is 11.9 Å². The molecule has 2 unspecified atom stereocenters. The number of amides is 1. The molecule has 0 radical (unpaired) electrons. The number of hydrogen-bond acceptors (Lipinski definition) is 1. The molecule has 1 amide bonds. The van der Waals surface area contributed by atoms with Gasteiger partial charge in [-0.15, -0.1) is 0 Å². The third kappa shape index (κ3) is 3.20. The van der Waals surface area contributed by atoms with Crippen LogP contribution in [0.5, 0.6) is 0 Å². The number of hydrogen-bond donors (Lipinski definition) is 1. The van der Waals surface area contributed by atoms with E-state index in [1.807, 2.05) is 18.2 Å². The topological polar surface area (TPSA) is 29.1 Å². The van der Waals surface area contributed by atoms with E-state index < -0.39 is 0 Å². The second kappa shape index (κ2) is 6.60. The van der Waals surface area contributed by atoms with E-state index in [1.54, 1.807) is 24.3 Å². The van der Waals surface area contributed by atoms with Crippen LogP contribution in [0, 0.1) is 5.92 Å². The van der Waals surface area contributed by atoms with Gasteiger partial charge in [0, 0.05) is 0 Å². The predicted octanol–water partition coefficient (Wildman–Crippen LogP) is 3.09. The van der Waals surface area contributed by atoms with Crippen molar-refractivity contribution < 1.29 is 4.79 Å². The first kappa shape index (κ1) is 14.0.